The van der Waals surface area contributed by atoms with Crippen LogP contribution in [0.3, 0.4) is 0 Å². The van der Waals surface area contributed by atoms with Crippen molar-refractivity contribution in [3.8, 4) is 5.75 Å². The molecule has 0 amide bonds. The first-order chi connectivity index (χ1) is 8.38. The number of nitrogens with zero attached hydrogens (tertiary/aromatic N) is 1. The monoisotopic (exact) mass is 312 g/mol. The second kappa shape index (κ2) is 5.19. The van der Waals surface area contributed by atoms with Crippen LogP contribution in [0, 0.1) is 5.41 Å². The summed E-state index contributed by atoms with van der Waals surface area (Å²) in [7, 11) is 0. The van der Waals surface area contributed by atoms with Crippen molar-refractivity contribution >= 4 is 15.9 Å². The normalized spacial score (nSPS) is 24.1. The maximum Gasteiger partial charge on any atom is 0.115 e. The molecule has 0 spiro atoms. The predicted molar refractivity (Wildman–Crippen MR) is 77.5 cm³/mol. The number of benzene rings is 1. The highest BCUT2D eigenvalue weighted by molar-refractivity contribution is 9.10. The average molecular weight is 313 g/mol. The van der Waals surface area contributed by atoms with Crippen LogP contribution in [0.2, 0.25) is 0 Å². The van der Waals surface area contributed by atoms with Crippen LogP contribution in [0.1, 0.15) is 25.8 Å². The average Bonchev–Trinajstić information content (AvgIpc) is 2.28. The summed E-state index contributed by atoms with van der Waals surface area (Å²) in [5.41, 5.74) is 7.43. The molecule has 0 aromatic heterocycles. The molecule has 0 bridgehead atoms. The maximum absolute atomic E-state index is 9.55. The van der Waals surface area contributed by atoms with Gasteiger partial charge in [0, 0.05) is 30.1 Å². The van der Waals surface area contributed by atoms with Gasteiger partial charge in [-0.1, -0.05) is 29.8 Å². The molecule has 2 rings (SSSR count). The molecule has 1 unspecified atom stereocenters. The first kappa shape index (κ1) is 13.8. The van der Waals surface area contributed by atoms with Gasteiger partial charge in [0.05, 0.1) is 0 Å². The summed E-state index contributed by atoms with van der Waals surface area (Å²) in [6.07, 6.45) is 1.03. The molecule has 1 heterocycles. The fourth-order valence-electron chi connectivity index (χ4n) is 2.54. The number of phenols is 1. The van der Waals surface area contributed by atoms with Gasteiger partial charge < -0.3 is 10.8 Å². The van der Waals surface area contributed by atoms with E-state index in [0.717, 1.165) is 36.1 Å². The molecule has 1 aliphatic heterocycles. The van der Waals surface area contributed by atoms with E-state index in [4.69, 9.17) is 5.73 Å². The molecular weight excluding hydrogens is 292 g/mol. The lowest BCUT2D eigenvalue weighted by molar-refractivity contribution is 0.0897. The van der Waals surface area contributed by atoms with Crippen LogP contribution < -0.4 is 5.73 Å². The maximum atomic E-state index is 9.55. The number of phenolic OH excluding ortho intramolecular Hbond substituents is 1. The Balaban J connectivity index is 2.08. The molecule has 1 aliphatic rings. The van der Waals surface area contributed by atoms with Crippen molar-refractivity contribution in [1.29, 1.82) is 0 Å². The van der Waals surface area contributed by atoms with Crippen LogP contribution >= 0.6 is 15.9 Å². The molecule has 1 aromatic rings. The molecular formula is C14H21BrN2O. The number of aromatic hydroxyl groups is 1. The summed E-state index contributed by atoms with van der Waals surface area (Å²) in [5, 5.41) is 9.55. The Bertz CT molecular complexity index is 434. The first-order valence-corrected chi connectivity index (χ1v) is 7.13. The van der Waals surface area contributed by atoms with Gasteiger partial charge in [-0.25, -0.2) is 0 Å². The van der Waals surface area contributed by atoms with E-state index < -0.39 is 0 Å². The largest absolute Gasteiger partial charge is 0.508 e. The summed E-state index contributed by atoms with van der Waals surface area (Å²) in [4.78, 5) is 2.41. The molecule has 1 fully saturated rings. The van der Waals surface area contributed by atoms with E-state index in [1.165, 1.54) is 0 Å². The van der Waals surface area contributed by atoms with Crippen molar-refractivity contribution in [2.45, 2.75) is 32.9 Å². The van der Waals surface area contributed by atoms with Crippen molar-refractivity contribution in [2.24, 2.45) is 11.1 Å². The van der Waals surface area contributed by atoms with Gasteiger partial charge in [-0.3, -0.25) is 4.90 Å². The van der Waals surface area contributed by atoms with Gasteiger partial charge in [0.25, 0.3) is 0 Å². The van der Waals surface area contributed by atoms with Gasteiger partial charge in [0.2, 0.25) is 0 Å². The van der Waals surface area contributed by atoms with Gasteiger partial charge in [-0.2, -0.15) is 0 Å². The molecule has 18 heavy (non-hydrogen) atoms. The lowest BCUT2D eigenvalue weighted by Crippen LogP contribution is -2.52. The molecule has 1 aromatic carbocycles. The molecule has 0 radical (unpaired) electrons. The Labute approximate surface area is 117 Å². The van der Waals surface area contributed by atoms with E-state index in [0.29, 0.717) is 5.75 Å². The molecule has 1 atom stereocenters. The Kier molecular flexibility index (Phi) is 3.99. The number of rotatable bonds is 2. The quantitative estimate of drug-likeness (QED) is 0.882. The zero-order valence-corrected chi connectivity index (χ0v) is 12.6. The highest BCUT2D eigenvalue weighted by Gasteiger charge is 2.33. The third-order valence-electron chi connectivity index (χ3n) is 3.81. The highest BCUT2D eigenvalue weighted by atomic mass is 79.9. The van der Waals surface area contributed by atoms with Crippen molar-refractivity contribution in [1.82, 2.24) is 4.90 Å². The fraction of sp³-hybridized carbons (Fsp3) is 0.571. The fourth-order valence-corrected chi connectivity index (χ4v) is 2.92. The summed E-state index contributed by atoms with van der Waals surface area (Å²) in [5.74, 6) is 0.321. The standard InChI is InChI=1S/C14H21BrN2O/c1-14(2)9-17(6-5-13(14)16)8-10-7-11(18)3-4-12(10)15/h3-4,7,13,18H,5-6,8-9,16H2,1-2H3. The lowest BCUT2D eigenvalue weighted by Gasteiger charge is -2.42. The van der Waals surface area contributed by atoms with Crippen LogP contribution in [0.25, 0.3) is 0 Å². The molecule has 3 N–H and O–H groups in total. The number of hydrogen-bond donors (Lipinski definition) is 2. The van der Waals surface area contributed by atoms with Gasteiger partial charge in [-0.15, -0.1) is 0 Å². The number of nitrogens with two attached hydrogens (primary N) is 1. The summed E-state index contributed by atoms with van der Waals surface area (Å²) >= 11 is 3.54. The molecule has 4 heteroatoms. The Morgan fingerprint density at radius 2 is 2.22 bits per heavy atom. The van der Waals surface area contributed by atoms with Gasteiger partial charge in [0.1, 0.15) is 5.75 Å². The topological polar surface area (TPSA) is 49.5 Å². The Morgan fingerprint density at radius 1 is 1.50 bits per heavy atom. The van der Waals surface area contributed by atoms with E-state index >= 15 is 0 Å². The number of likely N-dealkylation sites (tertiary alicyclic amines) is 1. The SMILES string of the molecule is CC1(C)CN(Cc2cc(O)ccc2Br)CCC1N. The second-order valence-corrected chi connectivity index (χ2v) is 6.72. The third kappa shape index (κ3) is 3.05. The van der Waals surface area contributed by atoms with E-state index in [2.05, 4.69) is 34.7 Å². The molecule has 100 valence electrons. The molecule has 0 aliphatic carbocycles. The highest BCUT2D eigenvalue weighted by Crippen LogP contribution is 2.30. The minimum Gasteiger partial charge on any atom is -0.508 e. The zero-order chi connectivity index (χ0) is 13.3. The minimum absolute atomic E-state index is 0.154. The van der Waals surface area contributed by atoms with Crippen molar-refractivity contribution in [3.63, 3.8) is 0 Å². The molecule has 0 saturated carbocycles. The van der Waals surface area contributed by atoms with Crippen molar-refractivity contribution < 1.29 is 5.11 Å². The van der Waals surface area contributed by atoms with Gasteiger partial charge in [-0.05, 0) is 35.6 Å². The Hall–Kier alpha value is -0.580. The number of halogens is 1. The second-order valence-electron chi connectivity index (χ2n) is 5.87. The van der Waals surface area contributed by atoms with E-state index in [1.54, 1.807) is 6.07 Å². The van der Waals surface area contributed by atoms with Gasteiger partial charge >= 0.3 is 0 Å². The van der Waals surface area contributed by atoms with E-state index in [9.17, 15) is 5.11 Å². The van der Waals surface area contributed by atoms with Crippen LogP contribution in [-0.2, 0) is 6.54 Å². The van der Waals surface area contributed by atoms with Crippen LogP contribution in [0.5, 0.6) is 5.75 Å². The first-order valence-electron chi connectivity index (χ1n) is 6.34. The van der Waals surface area contributed by atoms with E-state index in [-0.39, 0.29) is 11.5 Å². The predicted octanol–water partition coefficient (Wildman–Crippen LogP) is 2.71. The van der Waals surface area contributed by atoms with E-state index in [1.807, 2.05) is 12.1 Å². The third-order valence-corrected chi connectivity index (χ3v) is 4.59. The number of hydrogen-bond acceptors (Lipinski definition) is 3. The zero-order valence-electron chi connectivity index (χ0n) is 11.0. The van der Waals surface area contributed by atoms with Crippen LogP contribution in [-0.4, -0.2) is 29.1 Å². The summed E-state index contributed by atoms with van der Waals surface area (Å²) in [6, 6.07) is 5.70. The van der Waals surface area contributed by atoms with Crippen LogP contribution in [0.4, 0.5) is 0 Å². The van der Waals surface area contributed by atoms with Gasteiger partial charge in [0.15, 0.2) is 0 Å². The van der Waals surface area contributed by atoms with Crippen molar-refractivity contribution in [2.75, 3.05) is 13.1 Å². The van der Waals surface area contributed by atoms with Crippen molar-refractivity contribution in [3.05, 3.63) is 28.2 Å². The molecule has 3 nitrogen and oxygen atoms in total. The molecule has 1 saturated heterocycles. The summed E-state index contributed by atoms with van der Waals surface area (Å²) < 4.78 is 1.05. The van der Waals surface area contributed by atoms with Crippen LogP contribution in [0.15, 0.2) is 22.7 Å². The summed E-state index contributed by atoms with van der Waals surface area (Å²) in [6.45, 7) is 7.32. The smallest absolute Gasteiger partial charge is 0.115 e. The Morgan fingerprint density at radius 3 is 2.89 bits per heavy atom. The number of piperidine rings is 1. The lowest BCUT2D eigenvalue weighted by atomic mass is 9.79. The minimum atomic E-state index is 0.154.